The third kappa shape index (κ3) is 3.29. The minimum absolute atomic E-state index is 0.309. The molecular weight excluding hydrogens is 238 g/mol. The zero-order chi connectivity index (χ0) is 14.0. The maximum atomic E-state index is 12.6. The molecule has 4 nitrogen and oxygen atoms in total. The van der Waals surface area contributed by atoms with Crippen molar-refractivity contribution in [2.75, 3.05) is 19.6 Å². The largest absolute Gasteiger partial charge is 0.336 e. The number of amides is 1. The third-order valence-electron chi connectivity index (χ3n) is 4.94. The Kier molecular flexibility index (Phi) is 4.85. The zero-order valence-corrected chi connectivity index (χ0v) is 12.6. The first-order chi connectivity index (χ1) is 9.02. The fourth-order valence-electron chi connectivity index (χ4n) is 3.78. The van der Waals surface area contributed by atoms with E-state index in [1.165, 1.54) is 6.42 Å². The van der Waals surface area contributed by atoms with Gasteiger partial charge in [-0.05, 0) is 58.9 Å². The standard InChI is InChI=1S/C15H29N3O/c1-11-5-4-6-12(2)18(11)15(19)10-17-9-14(8-16)7-13(17)3/h11-14H,4-10,16H2,1-3H3. The van der Waals surface area contributed by atoms with Crippen molar-refractivity contribution in [2.45, 2.75) is 64.6 Å². The lowest BCUT2D eigenvalue weighted by Gasteiger charge is -2.40. The van der Waals surface area contributed by atoms with Crippen LogP contribution in [0.1, 0.15) is 46.5 Å². The zero-order valence-electron chi connectivity index (χ0n) is 12.6. The molecule has 0 saturated carbocycles. The van der Waals surface area contributed by atoms with Gasteiger partial charge >= 0.3 is 0 Å². The number of carbonyl (C=O) groups excluding carboxylic acids is 1. The van der Waals surface area contributed by atoms with E-state index in [9.17, 15) is 4.79 Å². The molecule has 0 aromatic heterocycles. The van der Waals surface area contributed by atoms with Gasteiger partial charge in [0.25, 0.3) is 0 Å². The monoisotopic (exact) mass is 267 g/mol. The topological polar surface area (TPSA) is 49.6 Å². The summed E-state index contributed by atoms with van der Waals surface area (Å²) in [7, 11) is 0. The van der Waals surface area contributed by atoms with Crippen LogP contribution in [0.25, 0.3) is 0 Å². The van der Waals surface area contributed by atoms with Crippen LogP contribution in [0, 0.1) is 5.92 Å². The van der Waals surface area contributed by atoms with E-state index in [-0.39, 0.29) is 0 Å². The number of nitrogens with two attached hydrogens (primary N) is 1. The van der Waals surface area contributed by atoms with Gasteiger partial charge in [0.05, 0.1) is 6.54 Å². The molecule has 110 valence electrons. The van der Waals surface area contributed by atoms with Crippen LogP contribution in [0.15, 0.2) is 0 Å². The molecule has 0 radical (unpaired) electrons. The normalized spacial score (nSPS) is 36.7. The van der Waals surface area contributed by atoms with Crippen LogP contribution in [0.2, 0.25) is 0 Å². The highest BCUT2D eigenvalue weighted by Crippen LogP contribution is 2.25. The molecule has 4 heteroatoms. The Morgan fingerprint density at radius 2 is 1.79 bits per heavy atom. The average Bonchev–Trinajstić information content (AvgIpc) is 2.70. The maximum Gasteiger partial charge on any atom is 0.237 e. The third-order valence-corrected chi connectivity index (χ3v) is 4.94. The van der Waals surface area contributed by atoms with E-state index >= 15 is 0 Å². The summed E-state index contributed by atoms with van der Waals surface area (Å²) in [4.78, 5) is 17.0. The molecule has 19 heavy (non-hydrogen) atoms. The second-order valence-electron chi connectivity index (χ2n) is 6.55. The number of carbonyl (C=O) groups is 1. The van der Waals surface area contributed by atoms with E-state index in [0.29, 0.717) is 36.5 Å². The quantitative estimate of drug-likeness (QED) is 0.842. The first-order valence-electron chi connectivity index (χ1n) is 7.78. The molecule has 2 rings (SSSR count). The predicted molar refractivity (Wildman–Crippen MR) is 77.8 cm³/mol. The highest BCUT2D eigenvalue weighted by atomic mass is 16.2. The first kappa shape index (κ1) is 14.8. The molecule has 0 spiro atoms. The van der Waals surface area contributed by atoms with Crippen molar-refractivity contribution in [2.24, 2.45) is 11.7 Å². The fraction of sp³-hybridized carbons (Fsp3) is 0.933. The van der Waals surface area contributed by atoms with E-state index in [1.807, 2.05) is 0 Å². The van der Waals surface area contributed by atoms with Crippen molar-refractivity contribution in [1.29, 1.82) is 0 Å². The summed E-state index contributed by atoms with van der Waals surface area (Å²) in [5.41, 5.74) is 5.75. The minimum atomic E-state index is 0.309. The van der Waals surface area contributed by atoms with Gasteiger partial charge in [0.2, 0.25) is 5.91 Å². The highest BCUT2D eigenvalue weighted by Gasteiger charge is 2.33. The Morgan fingerprint density at radius 3 is 2.32 bits per heavy atom. The predicted octanol–water partition coefficient (Wildman–Crippen LogP) is 1.45. The molecule has 4 unspecified atom stereocenters. The molecular formula is C15H29N3O. The molecule has 2 aliphatic heterocycles. The molecule has 2 N–H and O–H groups in total. The van der Waals surface area contributed by atoms with Crippen molar-refractivity contribution >= 4 is 5.91 Å². The Bertz CT molecular complexity index is 311. The summed E-state index contributed by atoms with van der Waals surface area (Å²) >= 11 is 0. The summed E-state index contributed by atoms with van der Waals surface area (Å²) in [6.45, 7) is 8.89. The lowest BCUT2D eigenvalue weighted by atomic mass is 9.97. The number of piperidine rings is 1. The number of hydrogen-bond donors (Lipinski definition) is 1. The van der Waals surface area contributed by atoms with Crippen LogP contribution in [0.5, 0.6) is 0 Å². The summed E-state index contributed by atoms with van der Waals surface area (Å²) in [6, 6.07) is 1.30. The summed E-state index contributed by atoms with van der Waals surface area (Å²) in [5, 5.41) is 0. The van der Waals surface area contributed by atoms with Gasteiger partial charge in [0.1, 0.15) is 0 Å². The van der Waals surface area contributed by atoms with Crippen molar-refractivity contribution in [3.8, 4) is 0 Å². The van der Waals surface area contributed by atoms with E-state index in [1.54, 1.807) is 0 Å². The van der Waals surface area contributed by atoms with Crippen molar-refractivity contribution < 1.29 is 4.79 Å². The average molecular weight is 267 g/mol. The van der Waals surface area contributed by atoms with Crippen molar-refractivity contribution in [1.82, 2.24) is 9.80 Å². The number of hydrogen-bond acceptors (Lipinski definition) is 3. The van der Waals surface area contributed by atoms with E-state index < -0.39 is 0 Å². The number of nitrogens with zero attached hydrogens (tertiary/aromatic N) is 2. The molecule has 2 saturated heterocycles. The lowest BCUT2D eigenvalue weighted by Crippen LogP contribution is -2.51. The molecule has 0 aromatic carbocycles. The molecule has 2 fully saturated rings. The Hall–Kier alpha value is -0.610. The molecule has 2 heterocycles. The van der Waals surface area contributed by atoms with Crippen LogP contribution in [-0.4, -0.2) is 53.5 Å². The van der Waals surface area contributed by atoms with Crippen LogP contribution >= 0.6 is 0 Å². The van der Waals surface area contributed by atoms with Gasteiger partial charge in [-0.2, -0.15) is 0 Å². The number of rotatable bonds is 3. The van der Waals surface area contributed by atoms with Gasteiger partial charge in [0.15, 0.2) is 0 Å². The fourth-order valence-corrected chi connectivity index (χ4v) is 3.78. The van der Waals surface area contributed by atoms with Crippen molar-refractivity contribution in [3.05, 3.63) is 0 Å². The second-order valence-corrected chi connectivity index (χ2v) is 6.55. The summed E-state index contributed by atoms with van der Waals surface area (Å²) in [5.74, 6) is 0.878. The van der Waals surface area contributed by atoms with Gasteiger partial charge in [-0.3, -0.25) is 9.69 Å². The van der Waals surface area contributed by atoms with E-state index in [2.05, 4.69) is 30.6 Å². The molecule has 0 bridgehead atoms. The van der Waals surface area contributed by atoms with Gasteiger partial charge in [0, 0.05) is 24.7 Å². The van der Waals surface area contributed by atoms with Gasteiger partial charge in [-0.25, -0.2) is 0 Å². The van der Waals surface area contributed by atoms with Crippen LogP contribution in [0.3, 0.4) is 0 Å². The van der Waals surface area contributed by atoms with Crippen molar-refractivity contribution in [3.63, 3.8) is 0 Å². The molecule has 4 atom stereocenters. The van der Waals surface area contributed by atoms with Crippen LogP contribution < -0.4 is 5.73 Å². The van der Waals surface area contributed by atoms with Crippen LogP contribution in [-0.2, 0) is 4.79 Å². The highest BCUT2D eigenvalue weighted by molar-refractivity contribution is 5.79. The second kappa shape index (κ2) is 6.23. The Labute approximate surface area is 117 Å². The smallest absolute Gasteiger partial charge is 0.237 e. The van der Waals surface area contributed by atoms with Gasteiger partial charge in [-0.1, -0.05) is 0 Å². The Morgan fingerprint density at radius 1 is 1.16 bits per heavy atom. The Balaban J connectivity index is 1.93. The SMILES string of the molecule is CC1CC(CN)CN1CC(=O)N1C(C)CCCC1C. The molecule has 2 aliphatic rings. The molecule has 0 aliphatic carbocycles. The van der Waals surface area contributed by atoms with Gasteiger partial charge in [-0.15, -0.1) is 0 Å². The first-order valence-corrected chi connectivity index (χ1v) is 7.78. The number of likely N-dealkylation sites (tertiary alicyclic amines) is 2. The minimum Gasteiger partial charge on any atom is -0.336 e. The summed E-state index contributed by atoms with van der Waals surface area (Å²) < 4.78 is 0. The van der Waals surface area contributed by atoms with Gasteiger partial charge < -0.3 is 10.6 Å². The summed E-state index contributed by atoms with van der Waals surface area (Å²) in [6.07, 6.45) is 4.69. The lowest BCUT2D eigenvalue weighted by molar-refractivity contribution is -0.138. The molecule has 0 aromatic rings. The maximum absolute atomic E-state index is 12.6. The van der Waals surface area contributed by atoms with Crippen LogP contribution in [0.4, 0.5) is 0 Å². The van der Waals surface area contributed by atoms with E-state index in [0.717, 1.165) is 32.4 Å². The molecule has 1 amide bonds. The van der Waals surface area contributed by atoms with E-state index in [4.69, 9.17) is 5.73 Å².